The predicted octanol–water partition coefficient (Wildman–Crippen LogP) is 1.80. The van der Waals surface area contributed by atoms with Gasteiger partial charge in [0.15, 0.2) is 0 Å². The molecule has 6 nitrogen and oxygen atoms in total. The standard InChI is InChI=1S/C23H32N4O2/c1-25-10-12-27(13-11-25)22-18-26(17-19-14-21(29-2)16-24-15-19)9-8-23(22,28)20-6-4-3-5-7-20/h3-7,14-16,22,28H,8-13,17-18H2,1-2H3/t22-,23+/m1/s1. The van der Waals surface area contributed by atoms with E-state index >= 15 is 0 Å². The van der Waals surface area contributed by atoms with Crippen LogP contribution in [0.15, 0.2) is 48.8 Å². The van der Waals surface area contributed by atoms with Crippen molar-refractivity contribution < 1.29 is 9.84 Å². The highest BCUT2D eigenvalue weighted by molar-refractivity contribution is 5.27. The maximum atomic E-state index is 11.9. The van der Waals surface area contributed by atoms with E-state index in [1.54, 1.807) is 13.3 Å². The number of pyridine rings is 1. The Kier molecular flexibility index (Phi) is 6.15. The normalized spacial score (nSPS) is 27.1. The minimum atomic E-state index is -0.819. The van der Waals surface area contributed by atoms with Gasteiger partial charge in [-0.1, -0.05) is 30.3 Å². The summed E-state index contributed by atoms with van der Waals surface area (Å²) in [6.45, 7) is 6.58. The minimum absolute atomic E-state index is 0.0749. The number of rotatable bonds is 5. The molecule has 0 spiro atoms. The molecule has 0 amide bonds. The number of likely N-dealkylation sites (N-methyl/N-ethyl adjacent to an activating group) is 1. The third-order valence-corrected chi connectivity index (χ3v) is 6.46. The molecule has 0 bridgehead atoms. The van der Waals surface area contributed by atoms with Crippen molar-refractivity contribution in [2.45, 2.75) is 24.6 Å². The van der Waals surface area contributed by atoms with Crippen molar-refractivity contribution in [3.05, 3.63) is 59.9 Å². The molecule has 0 radical (unpaired) electrons. The first-order valence-corrected chi connectivity index (χ1v) is 10.5. The Balaban J connectivity index is 1.56. The number of aromatic nitrogens is 1. The Morgan fingerprint density at radius 1 is 1.10 bits per heavy atom. The summed E-state index contributed by atoms with van der Waals surface area (Å²) in [5, 5.41) is 11.9. The second-order valence-electron chi connectivity index (χ2n) is 8.36. The summed E-state index contributed by atoms with van der Waals surface area (Å²) in [6.07, 6.45) is 4.37. The van der Waals surface area contributed by atoms with E-state index < -0.39 is 5.60 Å². The fourth-order valence-corrected chi connectivity index (χ4v) is 4.66. The van der Waals surface area contributed by atoms with Crippen LogP contribution in [-0.4, -0.2) is 84.3 Å². The predicted molar refractivity (Wildman–Crippen MR) is 114 cm³/mol. The van der Waals surface area contributed by atoms with E-state index in [9.17, 15) is 5.11 Å². The highest BCUT2D eigenvalue weighted by Crippen LogP contribution is 2.37. The third kappa shape index (κ3) is 4.46. The molecule has 1 aromatic carbocycles. The van der Waals surface area contributed by atoms with E-state index in [4.69, 9.17) is 4.74 Å². The lowest BCUT2D eigenvalue weighted by Gasteiger charge is -2.51. The molecule has 1 aromatic heterocycles. The lowest BCUT2D eigenvalue weighted by molar-refractivity contribution is -0.108. The number of piperazine rings is 1. The SMILES string of the molecule is COc1cncc(CN2CC[C@](O)(c3ccccc3)[C@H](N3CCN(C)CC3)C2)c1. The third-order valence-electron chi connectivity index (χ3n) is 6.46. The number of likely N-dealkylation sites (tertiary alicyclic amines) is 1. The van der Waals surface area contributed by atoms with Gasteiger partial charge >= 0.3 is 0 Å². The number of nitrogens with zero attached hydrogens (tertiary/aromatic N) is 4. The van der Waals surface area contributed by atoms with Crippen molar-refractivity contribution in [3.63, 3.8) is 0 Å². The molecule has 3 heterocycles. The summed E-state index contributed by atoms with van der Waals surface area (Å²) < 4.78 is 5.33. The molecule has 4 rings (SSSR count). The monoisotopic (exact) mass is 396 g/mol. The quantitative estimate of drug-likeness (QED) is 0.832. The largest absolute Gasteiger partial charge is 0.495 e. The van der Waals surface area contributed by atoms with Gasteiger partial charge in [-0.3, -0.25) is 14.8 Å². The number of methoxy groups -OCH3 is 1. The zero-order valence-corrected chi connectivity index (χ0v) is 17.5. The van der Waals surface area contributed by atoms with Gasteiger partial charge in [-0.05, 0) is 30.7 Å². The molecule has 156 valence electrons. The van der Waals surface area contributed by atoms with E-state index in [1.165, 1.54) is 0 Å². The van der Waals surface area contributed by atoms with Gasteiger partial charge in [0.25, 0.3) is 0 Å². The molecule has 2 aliphatic rings. The van der Waals surface area contributed by atoms with Crippen LogP contribution in [0.5, 0.6) is 5.75 Å². The van der Waals surface area contributed by atoms with Crippen molar-refractivity contribution in [1.82, 2.24) is 19.7 Å². The van der Waals surface area contributed by atoms with Gasteiger partial charge in [0.2, 0.25) is 0 Å². The number of hydrogen-bond donors (Lipinski definition) is 1. The van der Waals surface area contributed by atoms with Crippen molar-refractivity contribution in [2.75, 3.05) is 53.4 Å². The summed E-state index contributed by atoms with van der Waals surface area (Å²) in [5.74, 6) is 0.788. The van der Waals surface area contributed by atoms with Crippen LogP contribution in [-0.2, 0) is 12.1 Å². The van der Waals surface area contributed by atoms with Crippen LogP contribution in [0.1, 0.15) is 17.5 Å². The Bertz CT molecular complexity index is 794. The zero-order chi connectivity index (χ0) is 20.3. The Morgan fingerprint density at radius 2 is 1.86 bits per heavy atom. The second kappa shape index (κ2) is 8.79. The van der Waals surface area contributed by atoms with Gasteiger partial charge in [-0.15, -0.1) is 0 Å². The van der Waals surface area contributed by atoms with Crippen LogP contribution >= 0.6 is 0 Å². The molecule has 2 aliphatic heterocycles. The Morgan fingerprint density at radius 3 is 2.59 bits per heavy atom. The van der Waals surface area contributed by atoms with Crippen molar-refractivity contribution >= 4 is 0 Å². The van der Waals surface area contributed by atoms with Crippen molar-refractivity contribution in [3.8, 4) is 5.75 Å². The maximum absolute atomic E-state index is 11.9. The minimum Gasteiger partial charge on any atom is -0.495 e. The summed E-state index contributed by atoms with van der Waals surface area (Å²) >= 11 is 0. The Hall–Kier alpha value is -1.99. The molecule has 2 aromatic rings. The molecule has 0 unspecified atom stereocenters. The number of aliphatic hydroxyl groups is 1. The first kappa shape index (κ1) is 20.3. The molecule has 2 atom stereocenters. The summed E-state index contributed by atoms with van der Waals surface area (Å²) in [7, 11) is 3.84. The van der Waals surface area contributed by atoms with Crippen LogP contribution in [0.25, 0.3) is 0 Å². The molecule has 6 heteroatoms. The summed E-state index contributed by atoms with van der Waals surface area (Å²) in [6, 6.07) is 12.4. The summed E-state index contributed by atoms with van der Waals surface area (Å²) in [5.41, 5.74) is 1.36. The maximum Gasteiger partial charge on any atom is 0.137 e. The van der Waals surface area contributed by atoms with E-state index in [2.05, 4.69) is 44.9 Å². The first-order chi connectivity index (χ1) is 14.1. The van der Waals surface area contributed by atoms with E-state index in [1.807, 2.05) is 24.4 Å². The lowest BCUT2D eigenvalue weighted by Crippen LogP contribution is -2.63. The van der Waals surface area contributed by atoms with Crippen molar-refractivity contribution in [2.24, 2.45) is 0 Å². The molecule has 0 aliphatic carbocycles. The van der Waals surface area contributed by atoms with Crippen molar-refractivity contribution in [1.29, 1.82) is 0 Å². The zero-order valence-electron chi connectivity index (χ0n) is 17.5. The lowest BCUT2D eigenvalue weighted by atomic mass is 9.79. The van der Waals surface area contributed by atoms with Crippen LogP contribution in [0, 0.1) is 0 Å². The highest BCUT2D eigenvalue weighted by atomic mass is 16.5. The number of ether oxygens (including phenoxy) is 1. The topological polar surface area (TPSA) is 52.1 Å². The van der Waals surface area contributed by atoms with Gasteiger partial charge in [-0.2, -0.15) is 0 Å². The molecule has 0 saturated carbocycles. The number of piperidine rings is 1. The van der Waals surface area contributed by atoms with Gasteiger partial charge in [0.05, 0.1) is 19.3 Å². The van der Waals surface area contributed by atoms with Gasteiger partial charge in [0, 0.05) is 52.0 Å². The number of hydrogen-bond acceptors (Lipinski definition) is 6. The van der Waals surface area contributed by atoms with Gasteiger partial charge < -0.3 is 14.7 Å². The molecule has 2 saturated heterocycles. The average molecular weight is 397 g/mol. The summed E-state index contributed by atoms with van der Waals surface area (Å²) in [4.78, 5) is 11.6. The second-order valence-corrected chi connectivity index (χ2v) is 8.36. The molecule has 1 N–H and O–H groups in total. The average Bonchev–Trinajstić information content (AvgIpc) is 2.76. The van der Waals surface area contributed by atoms with Crippen LogP contribution in [0.3, 0.4) is 0 Å². The van der Waals surface area contributed by atoms with E-state index in [0.29, 0.717) is 0 Å². The fourth-order valence-electron chi connectivity index (χ4n) is 4.66. The smallest absolute Gasteiger partial charge is 0.137 e. The van der Waals surface area contributed by atoms with Crippen LogP contribution in [0.2, 0.25) is 0 Å². The number of benzene rings is 1. The Labute approximate surface area is 173 Å². The van der Waals surface area contributed by atoms with Gasteiger partial charge in [-0.25, -0.2) is 0 Å². The molecule has 29 heavy (non-hydrogen) atoms. The molecular weight excluding hydrogens is 364 g/mol. The van der Waals surface area contributed by atoms with Crippen LogP contribution < -0.4 is 4.74 Å². The van der Waals surface area contributed by atoms with Gasteiger partial charge in [0.1, 0.15) is 11.4 Å². The molecular formula is C23H32N4O2. The first-order valence-electron chi connectivity index (χ1n) is 10.5. The van der Waals surface area contributed by atoms with E-state index in [-0.39, 0.29) is 6.04 Å². The van der Waals surface area contributed by atoms with Crippen LogP contribution in [0.4, 0.5) is 0 Å². The fraction of sp³-hybridized carbons (Fsp3) is 0.522. The molecule has 2 fully saturated rings. The highest BCUT2D eigenvalue weighted by Gasteiger charge is 2.46. The van der Waals surface area contributed by atoms with E-state index in [0.717, 1.165) is 69.1 Å².